The number of ketones is 1. The molecule has 0 aliphatic carbocycles. The zero-order valence-electron chi connectivity index (χ0n) is 13.6. The van der Waals surface area contributed by atoms with Crippen molar-refractivity contribution in [2.24, 2.45) is 0 Å². The van der Waals surface area contributed by atoms with Gasteiger partial charge in [-0.25, -0.2) is 0 Å². The molecule has 1 unspecified atom stereocenters. The molecular formula is C18H26N2O2. The zero-order chi connectivity index (χ0) is 15.9. The van der Waals surface area contributed by atoms with Crippen molar-refractivity contribution < 1.29 is 9.59 Å². The van der Waals surface area contributed by atoms with Gasteiger partial charge in [-0.2, -0.15) is 0 Å². The number of likely N-dealkylation sites (N-methyl/N-ethyl adjacent to an activating group) is 1. The van der Waals surface area contributed by atoms with Gasteiger partial charge in [0.2, 0.25) is 5.91 Å². The largest absolute Gasteiger partial charge is 0.341 e. The molecule has 1 atom stereocenters. The van der Waals surface area contributed by atoms with E-state index in [4.69, 9.17) is 0 Å². The molecule has 1 saturated heterocycles. The predicted octanol–water partition coefficient (Wildman–Crippen LogP) is 2.42. The van der Waals surface area contributed by atoms with E-state index in [0.29, 0.717) is 24.4 Å². The van der Waals surface area contributed by atoms with Gasteiger partial charge in [0.25, 0.3) is 0 Å². The molecule has 1 fully saturated rings. The number of piperidine rings is 1. The summed E-state index contributed by atoms with van der Waals surface area (Å²) in [5.74, 6) is 0.150. The molecule has 1 heterocycles. The van der Waals surface area contributed by atoms with Crippen molar-refractivity contribution in [1.82, 2.24) is 10.2 Å². The summed E-state index contributed by atoms with van der Waals surface area (Å²) in [6, 6.07) is 8.08. The van der Waals surface area contributed by atoms with Gasteiger partial charge in [-0.15, -0.1) is 0 Å². The van der Waals surface area contributed by atoms with Crippen LogP contribution in [0.4, 0.5) is 0 Å². The van der Waals surface area contributed by atoms with Crippen molar-refractivity contribution in [2.45, 2.75) is 45.1 Å². The number of Topliss-reactive ketones (excluding diaryl/α,β-unsaturated/α-hetero) is 1. The Labute approximate surface area is 132 Å². The highest BCUT2D eigenvalue weighted by molar-refractivity contribution is 5.98. The van der Waals surface area contributed by atoms with E-state index in [1.54, 1.807) is 0 Å². The van der Waals surface area contributed by atoms with Crippen LogP contribution in [0.25, 0.3) is 0 Å². The van der Waals surface area contributed by atoms with Crippen molar-refractivity contribution in [1.29, 1.82) is 0 Å². The van der Waals surface area contributed by atoms with E-state index in [2.05, 4.69) is 12.2 Å². The molecule has 0 spiro atoms. The summed E-state index contributed by atoms with van der Waals surface area (Å²) in [7, 11) is 1.93. The fraction of sp³-hybridized carbons (Fsp3) is 0.556. The number of aryl methyl sites for hydroxylation is 1. The minimum absolute atomic E-state index is 0.0539. The zero-order valence-corrected chi connectivity index (χ0v) is 13.6. The highest BCUT2D eigenvalue weighted by Gasteiger charge is 2.22. The molecule has 120 valence electrons. The molecule has 4 heteroatoms. The summed E-state index contributed by atoms with van der Waals surface area (Å²) in [5, 5.41) is 3.23. The highest BCUT2D eigenvalue weighted by atomic mass is 16.2. The summed E-state index contributed by atoms with van der Waals surface area (Å²) >= 11 is 0. The first-order valence-corrected chi connectivity index (χ1v) is 8.21. The van der Waals surface area contributed by atoms with Crippen molar-refractivity contribution in [3.8, 4) is 0 Å². The lowest BCUT2D eigenvalue weighted by Crippen LogP contribution is -2.47. The van der Waals surface area contributed by atoms with Gasteiger partial charge in [0.1, 0.15) is 0 Å². The molecule has 1 aliphatic heterocycles. The summed E-state index contributed by atoms with van der Waals surface area (Å²) in [6.45, 7) is 3.66. The van der Waals surface area contributed by atoms with Crippen molar-refractivity contribution in [3.05, 3.63) is 35.4 Å². The first kappa shape index (κ1) is 16.7. The average molecular weight is 302 g/mol. The van der Waals surface area contributed by atoms with E-state index >= 15 is 0 Å². The summed E-state index contributed by atoms with van der Waals surface area (Å²) < 4.78 is 0. The van der Waals surface area contributed by atoms with E-state index in [0.717, 1.165) is 32.4 Å². The first-order chi connectivity index (χ1) is 10.6. The second-order valence-corrected chi connectivity index (χ2v) is 5.94. The number of hydrogen-bond donors (Lipinski definition) is 1. The Kier molecular flexibility index (Phi) is 6.13. The molecule has 1 N–H and O–H groups in total. The maximum Gasteiger partial charge on any atom is 0.223 e. The van der Waals surface area contributed by atoms with Gasteiger partial charge in [0.05, 0.1) is 0 Å². The minimum Gasteiger partial charge on any atom is -0.341 e. The number of nitrogens with one attached hydrogen (secondary N) is 1. The fourth-order valence-corrected chi connectivity index (χ4v) is 2.89. The molecule has 2 rings (SSSR count). The normalized spacial score (nSPS) is 18.3. The number of carbonyl (C=O) groups is 2. The Morgan fingerprint density at radius 2 is 1.95 bits per heavy atom. The average Bonchev–Trinajstić information content (AvgIpc) is 2.59. The number of rotatable bonds is 6. The van der Waals surface area contributed by atoms with Crippen LogP contribution in [0.5, 0.6) is 0 Å². The second kappa shape index (κ2) is 8.08. The van der Waals surface area contributed by atoms with Gasteiger partial charge >= 0.3 is 0 Å². The number of hydrogen-bond acceptors (Lipinski definition) is 3. The monoisotopic (exact) mass is 302 g/mol. The van der Waals surface area contributed by atoms with Crippen LogP contribution in [-0.4, -0.2) is 42.8 Å². The van der Waals surface area contributed by atoms with Crippen LogP contribution < -0.4 is 5.32 Å². The number of likely N-dealkylation sites (tertiary alicyclic amines) is 1. The lowest BCUT2D eigenvalue weighted by molar-refractivity contribution is -0.132. The molecular weight excluding hydrogens is 276 g/mol. The quantitative estimate of drug-likeness (QED) is 0.821. The SMILES string of the molecule is CCc1ccc(C(=O)CCC(=O)N2CCCC(NC)C2)cc1. The smallest absolute Gasteiger partial charge is 0.223 e. The minimum atomic E-state index is 0.0539. The molecule has 1 aromatic carbocycles. The van der Waals surface area contributed by atoms with Gasteiger partial charge in [0.15, 0.2) is 5.78 Å². The highest BCUT2D eigenvalue weighted by Crippen LogP contribution is 2.13. The molecule has 1 aromatic rings. The van der Waals surface area contributed by atoms with E-state index in [9.17, 15) is 9.59 Å². The first-order valence-electron chi connectivity index (χ1n) is 8.21. The number of amides is 1. The second-order valence-electron chi connectivity index (χ2n) is 5.94. The lowest BCUT2D eigenvalue weighted by Gasteiger charge is -2.32. The third-order valence-electron chi connectivity index (χ3n) is 4.43. The predicted molar refractivity (Wildman–Crippen MR) is 88.0 cm³/mol. The van der Waals surface area contributed by atoms with Gasteiger partial charge < -0.3 is 10.2 Å². The van der Waals surface area contributed by atoms with Crippen LogP contribution in [0, 0.1) is 0 Å². The Morgan fingerprint density at radius 1 is 1.23 bits per heavy atom. The lowest BCUT2D eigenvalue weighted by atomic mass is 10.0. The topological polar surface area (TPSA) is 49.4 Å². The molecule has 0 bridgehead atoms. The molecule has 0 radical (unpaired) electrons. The van der Waals surface area contributed by atoms with Crippen LogP contribution in [0.1, 0.15) is 48.5 Å². The van der Waals surface area contributed by atoms with Gasteiger partial charge in [-0.1, -0.05) is 31.2 Å². The maximum atomic E-state index is 12.2. The van der Waals surface area contributed by atoms with E-state index in [1.807, 2.05) is 36.2 Å². The Bertz CT molecular complexity index is 510. The molecule has 4 nitrogen and oxygen atoms in total. The molecule has 22 heavy (non-hydrogen) atoms. The van der Waals surface area contributed by atoms with Crippen LogP contribution in [0.3, 0.4) is 0 Å². The molecule has 1 aliphatic rings. The summed E-state index contributed by atoms with van der Waals surface area (Å²) in [5.41, 5.74) is 1.93. The summed E-state index contributed by atoms with van der Waals surface area (Å²) in [6.07, 6.45) is 3.72. The van der Waals surface area contributed by atoms with Gasteiger partial charge in [0, 0.05) is 37.5 Å². The van der Waals surface area contributed by atoms with Crippen LogP contribution in [0.15, 0.2) is 24.3 Å². The third-order valence-corrected chi connectivity index (χ3v) is 4.43. The molecule has 0 aromatic heterocycles. The van der Waals surface area contributed by atoms with E-state index in [1.165, 1.54) is 5.56 Å². The van der Waals surface area contributed by atoms with E-state index in [-0.39, 0.29) is 11.7 Å². The fourth-order valence-electron chi connectivity index (χ4n) is 2.89. The maximum absolute atomic E-state index is 12.2. The number of nitrogens with zero attached hydrogens (tertiary/aromatic N) is 1. The van der Waals surface area contributed by atoms with Crippen molar-refractivity contribution in [3.63, 3.8) is 0 Å². The number of carbonyl (C=O) groups excluding carboxylic acids is 2. The third kappa shape index (κ3) is 4.41. The van der Waals surface area contributed by atoms with E-state index < -0.39 is 0 Å². The Balaban J connectivity index is 1.83. The van der Waals surface area contributed by atoms with Crippen molar-refractivity contribution in [2.75, 3.05) is 20.1 Å². The molecule has 0 saturated carbocycles. The van der Waals surface area contributed by atoms with Gasteiger partial charge in [-0.3, -0.25) is 9.59 Å². The van der Waals surface area contributed by atoms with Crippen LogP contribution in [-0.2, 0) is 11.2 Å². The number of benzene rings is 1. The van der Waals surface area contributed by atoms with Crippen molar-refractivity contribution >= 4 is 11.7 Å². The standard InChI is InChI=1S/C18H26N2O2/c1-3-14-6-8-15(9-7-14)17(21)10-11-18(22)20-12-4-5-16(13-20)19-2/h6-9,16,19H,3-5,10-13H2,1-2H3. The summed E-state index contributed by atoms with van der Waals surface area (Å²) in [4.78, 5) is 26.3. The Hall–Kier alpha value is -1.68. The van der Waals surface area contributed by atoms with Crippen LogP contribution >= 0.6 is 0 Å². The Morgan fingerprint density at radius 3 is 2.59 bits per heavy atom. The van der Waals surface area contributed by atoms with Crippen LogP contribution in [0.2, 0.25) is 0 Å². The molecule has 1 amide bonds. The van der Waals surface area contributed by atoms with Gasteiger partial charge in [-0.05, 0) is 31.9 Å².